The van der Waals surface area contributed by atoms with Crippen LogP contribution in [0.4, 0.5) is 10.1 Å². The molecular formula is C22H21FN2O2S. The van der Waals surface area contributed by atoms with Gasteiger partial charge in [0.05, 0.1) is 22.7 Å². The van der Waals surface area contributed by atoms with Gasteiger partial charge in [0.15, 0.2) is 10.5 Å². The monoisotopic (exact) mass is 396 g/mol. The summed E-state index contributed by atoms with van der Waals surface area (Å²) in [6.45, 7) is 7.59. The molecule has 0 aliphatic rings. The summed E-state index contributed by atoms with van der Waals surface area (Å²) in [6.07, 6.45) is 0. The lowest BCUT2D eigenvalue weighted by atomic mass is 10.00. The Kier molecular flexibility index (Phi) is 5.76. The maximum Gasteiger partial charge on any atom is 0.196 e. The van der Waals surface area contributed by atoms with Crippen molar-refractivity contribution in [3.63, 3.8) is 0 Å². The zero-order valence-corrected chi connectivity index (χ0v) is 17.0. The molecular weight excluding hydrogens is 375 g/mol. The van der Waals surface area contributed by atoms with Gasteiger partial charge >= 0.3 is 0 Å². The summed E-state index contributed by atoms with van der Waals surface area (Å²) >= 11 is 1.49. The van der Waals surface area contributed by atoms with Gasteiger partial charge in [0.1, 0.15) is 17.5 Å². The van der Waals surface area contributed by atoms with E-state index in [0.717, 1.165) is 16.9 Å². The Bertz CT molecular complexity index is 1150. The quantitative estimate of drug-likeness (QED) is 0.560. The molecule has 0 spiro atoms. The van der Waals surface area contributed by atoms with Crippen LogP contribution in [0.5, 0.6) is 0 Å². The third kappa shape index (κ3) is 3.76. The second-order valence-corrected chi connectivity index (χ2v) is 7.91. The van der Waals surface area contributed by atoms with E-state index in [2.05, 4.69) is 11.4 Å². The van der Waals surface area contributed by atoms with Gasteiger partial charge in [0.25, 0.3) is 0 Å². The molecule has 2 aromatic carbocycles. The Balaban J connectivity index is 2.16. The molecule has 3 aromatic rings. The molecule has 0 fully saturated rings. The number of hydrogen-bond donors (Lipinski definition) is 1. The SMILES string of the molecule is CCSc1oc2c(C(C)Nc3cc(F)ccc3C#N)cc(C)cc2c(=O)c1C. The van der Waals surface area contributed by atoms with Gasteiger partial charge in [-0.05, 0) is 56.4 Å². The summed E-state index contributed by atoms with van der Waals surface area (Å²) in [6, 6.07) is 9.53. The van der Waals surface area contributed by atoms with Crippen LogP contribution in [0.1, 0.15) is 42.1 Å². The molecule has 144 valence electrons. The molecule has 0 saturated heterocycles. The van der Waals surface area contributed by atoms with Crippen LogP contribution in [0, 0.1) is 31.0 Å². The van der Waals surface area contributed by atoms with Crippen LogP contribution < -0.4 is 10.7 Å². The Labute approximate surface area is 167 Å². The normalized spacial score (nSPS) is 12.0. The molecule has 0 bridgehead atoms. The summed E-state index contributed by atoms with van der Waals surface area (Å²) < 4.78 is 19.8. The minimum atomic E-state index is -0.424. The topological polar surface area (TPSA) is 66.0 Å². The van der Waals surface area contributed by atoms with E-state index >= 15 is 0 Å². The predicted octanol–water partition coefficient (Wildman–Crippen LogP) is 5.71. The standard InChI is InChI=1S/C22H21FN2O2S/c1-5-28-22-13(3)20(26)18-9-12(2)8-17(21(18)27-22)14(4)25-19-10-16(23)7-6-15(19)11-24/h6-10,14,25H,5H2,1-4H3. The first kappa shape index (κ1) is 20.0. The van der Waals surface area contributed by atoms with E-state index in [1.54, 1.807) is 6.92 Å². The number of rotatable bonds is 5. The Morgan fingerprint density at radius 3 is 2.71 bits per heavy atom. The summed E-state index contributed by atoms with van der Waals surface area (Å²) in [7, 11) is 0. The fraction of sp³-hybridized carbons (Fsp3) is 0.273. The molecule has 1 atom stereocenters. The van der Waals surface area contributed by atoms with Crippen LogP contribution in [0.2, 0.25) is 0 Å². The molecule has 0 radical (unpaired) electrons. The molecule has 0 saturated carbocycles. The lowest BCUT2D eigenvalue weighted by Gasteiger charge is -2.19. The highest BCUT2D eigenvalue weighted by atomic mass is 32.2. The van der Waals surface area contributed by atoms with E-state index in [9.17, 15) is 14.4 Å². The minimum absolute atomic E-state index is 0.0437. The molecule has 3 rings (SSSR count). The Morgan fingerprint density at radius 1 is 1.29 bits per heavy atom. The fourth-order valence-corrected chi connectivity index (χ4v) is 3.90. The summed E-state index contributed by atoms with van der Waals surface area (Å²) in [4.78, 5) is 12.9. The van der Waals surface area contributed by atoms with Gasteiger partial charge in [-0.1, -0.05) is 24.8 Å². The third-order valence-electron chi connectivity index (χ3n) is 4.56. The highest BCUT2D eigenvalue weighted by molar-refractivity contribution is 7.99. The number of anilines is 1. The summed E-state index contributed by atoms with van der Waals surface area (Å²) in [5.41, 5.74) is 3.56. The second-order valence-electron chi connectivity index (χ2n) is 6.68. The predicted molar refractivity (Wildman–Crippen MR) is 112 cm³/mol. The molecule has 6 heteroatoms. The van der Waals surface area contributed by atoms with Gasteiger partial charge in [-0.15, -0.1) is 0 Å². The van der Waals surface area contributed by atoms with Crippen LogP contribution >= 0.6 is 11.8 Å². The summed E-state index contributed by atoms with van der Waals surface area (Å²) in [5.74, 6) is 0.366. The molecule has 1 heterocycles. The number of nitriles is 1. The maximum absolute atomic E-state index is 13.7. The molecule has 4 nitrogen and oxygen atoms in total. The van der Waals surface area contributed by atoms with Crippen LogP contribution in [-0.4, -0.2) is 5.75 Å². The molecule has 0 amide bonds. The van der Waals surface area contributed by atoms with E-state index in [0.29, 0.717) is 32.9 Å². The first-order chi connectivity index (χ1) is 13.3. The van der Waals surface area contributed by atoms with Crippen molar-refractivity contribution in [3.8, 4) is 6.07 Å². The van der Waals surface area contributed by atoms with Crippen molar-refractivity contribution in [1.82, 2.24) is 0 Å². The van der Waals surface area contributed by atoms with Crippen molar-refractivity contribution in [2.75, 3.05) is 11.1 Å². The molecule has 1 N–H and O–H groups in total. The van der Waals surface area contributed by atoms with Gasteiger partial charge < -0.3 is 9.73 Å². The van der Waals surface area contributed by atoms with Crippen molar-refractivity contribution in [3.05, 3.63) is 68.6 Å². The molecule has 0 aliphatic heterocycles. The van der Waals surface area contributed by atoms with Gasteiger partial charge in [0, 0.05) is 11.1 Å². The Hall–Kier alpha value is -2.78. The average Bonchev–Trinajstić information content (AvgIpc) is 2.66. The van der Waals surface area contributed by atoms with Gasteiger partial charge in [-0.2, -0.15) is 5.26 Å². The second kappa shape index (κ2) is 8.07. The number of nitrogens with one attached hydrogen (secondary N) is 1. The number of hydrogen-bond acceptors (Lipinski definition) is 5. The van der Waals surface area contributed by atoms with Gasteiger partial charge in [-0.25, -0.2) is 4.39 Å². The number of aryl methyl sites for hydroxylation is 1. The van der Waals surface area contributed by atoms with Gasteiger partial charge in [-0.3, -0.25) is 4.79 Å². The third-order valence-corrected chi connectivity index (χ3v) is 5.50. The van der Waals surface area contributed by atoms with Crippen LogP contribution in [0.25, 0.3) is 11.0 Å². The van der Waals surface area contributed by atoms with E-state index in [4.69, 9.17) is 4.42 Å². The highest BCUT2D eigenvalue weighted by Gasteiger charge is 2.19. The zero-order valence-electron chi connectivity index (χ0n) is 16.2. The molecule has 28 heavy (non-hydrogen) atoms. The van der Waals surface area contributed by atoms with Gasteiger partial charge in [0.2, 0.25) is 0 Å². The first-order valence-electron chi connectivity index (χ1n) is 9.02. The number of benzene rings is 2. The van der Waals surface area contributed by atoms with E-state index in [1.807, 2.05) is 32.9 Å². The largest absolute Gasteiger partial charge is 0.449 e. The lowest BCUT2D eigenvalue weighted by Crippen LogP contribution is -2.13. The first-order valence-corrected chi connectivity index (χ1v) is 10.0. The zero-order chi connectivity index (χ0) is 20.4. The van der Waals surface area contributed by atoms with E-state index < -0.39 is 5.82 Å². The van der Waals surface area contributed by atoms with Crippen molar-refractivity contribution >= 4 is 28.4 Å². The number of nitrogens with zero attached hydrogens (tertiary/aromatic N) is 1. The van der Waals surface area contributed by atoms with Crippen LogP contribution in [0.3, 0.4) is 0 Å². The van der Waals surface area contributed by atoms with Crippen LogP contribution in [-0.2, 0) is 0 Å². The fourth-order valence-electron chi connectivity index (χ4n) is 3.18. The minimum Gasteiger partial charge on any atom is -0.449 e. The number of halogens is 1. The molecule has 0 aliphatic carbocycles. The molecule has 1 aromatic heterocycles. The van der Waals surface area contributed by atoms with Crippen LogP contribution in [0.15, 0.2) is 44.6 Å². The Morgan fingerprint density at radius 2 is 2.04 bits per heavy atom. The maximum atomic E-state index is 13.7. The number of thioether (sulfide) groups is 1. The highest BCUT2D eigenvalue weighted by Crippen LogP contribution is 2.32. The van der Waals surface area contributed by atoms with Crippen molar-refractivity contribution in [2.45, 2.75) is 38.8 Å². The number of fused-ring (bicyclic) bond motifs is 1. The lowest BCUT2D eigenvalue weighted by molar-refractivity contribution is 0.488. The smallest absolute Gasteiger partial charge is 0.196 e. The van der Waals surface area contributed by atoms with Crippen molar-refractivity contribution < 1.29 is 8.81 Å². The molecule has 1 unspecified atom stereocenters. The summed E-state index contributed by atoms with van der Waals surface area (Å²) in [5, 5.41) is 13.6. The van der Waals surface area contributed by atoms with Crippen molar-refractivity contribution in [1.29, 1.82) is 5.26 Å². The average molecular weight is 396 g/mol. The van der Waals surface area contributed by atoms with E-state index in [1.165, 1.54) is 30.0 Å². The van der Waals surface area contributed by atoms with Crippen molar-refractivity contribution in [2.24, 2.45) is 0 Å². The van der Waals surface area contributed by atoms with E-state index in [-0.39, 0.29) is 11.5 Å².